The van der Waals surface area contributed by atoms with Gasteiger partial charge in [-0.25, -0.2) is 0 Å². The van der Waals surface area contributed by atoms with E-state index in [9.17, 15) is 4.79 Å². The molecule has 0 atom stereocenters. The van der Waals surface area contributed by atoms with Crippen LogP contribution in [0.1, 0.15) is 10.4 Å². The van der Waals surface area contributed by atoms with E-state index in [0.29, 0.717) is 21.3 Å². The van der Waals surface area contributed by atoms with Gasteiger partial charge in [-0.05, 0) is 18.2 Å². The maximum absolute atomic E-state index is 12.2. The summed E-state index contributed by atoms with van der Waals surface area (Å²) in [4.78, 5) is 18.0. The molecule has 0 unspecified atom stereocenters. The van der Waals surface area contributed by atoms with Crippen molar-refractivity contribution in [3.05, 3.63) is 52.3 Å². The van der Waals surface area contributed by atoms with E-state index in [1.54, 1.807) is 24.3 Å². The Bertz CT molecular complexity index is 644. The Morgan fingerprint density at radius 2 is 1.95 bits per heavy atom. The summed E-state index contributed by atoms with van der Waals surface area (Å²) >= 11 is 12.1. The molecule has 0 saturated carbocycles. The van der Waals surface area contributed by atoms with Crippen molar-refractivity contribution in [3.63, 3.8) is 0 Å². The van der Waals surface area contributed by atoms with Crippen LogP contribution < -0.4 is 10.2 Å². The quantitative estimate of drug-likeness (QED) is 0.940. The summed E-state index contributed by atoms with van der Waals surface area (Å²) in [6.07, 6.45) is 2.96. The number of pyridine rings is 1. The van der Waals surface area contributed by atoms with Gasteiger partial charge in [-0.3, -0.25) is 9.78 Å². The van der Waals surface area contributed by atoms with Crippen LogP contribution in [0.3, 0.4) is 0 Å². The van der Waals surface area contributed by atoms with Gasteiger partial charge in [0.25, 0.3) is 5.91 Å². The second-order valence-electron chi connectivity index (χ2n) is 4.34. The summed E-state index contributed by atoms with van der Waals surface area (Å²) in [7, 11) is 3.71. The molecule has 0 fully saturated rings. The number of hydrogen-bond acceptors (Lipinski definition) is 3. The van der Waals surface area contributed by atoms with Gasteiger partial charge < -0.3 is 10.2 Å². The summed E-state index contributed by atoms with van der Waals surface area (Å²) < 4.78 is 0. The second kappa shape index (κ2) is 6.11. The Morgan fingerprint density at radius 3 is 2.60 bits per heavy atom. The summed E-state index contributed by atoms with van der Waals surface area (Å²) in [6, 6.07) is 6.89. The number of aromatic nitrogens is 1. The van der Waals surface area contributed by atoms with Crippen LogP contribution in [0.15, 0.2) is 36.7 Å². The number of hydrogen-bond donors (Lipinski definition) is 1. The highest BCUT2D eigenvalue weighted by Crippen LogP contribution is 2.32. The monoisotopic (exact) mass is 309 g/mol. The number of para-hydroxylation sites is 1. The van der Waals surface area contributed by atoms with Crippen molar-refractivity contribution in [3.8, 4) is 0 Å². The minimum Gasteiger partial charge on any atom is -0.375 e. The van der Waals surface area contributed by atoms with Gasteiger partial charge in [0.15, 0.2) is 0 Å². The maximum atomic E-state index is 12.2. The van der Waals surface area contributed by atoms with E-state index in [0.717, 1.165) is 5.69 Å². The van der Waals surface area contributed by atoms with Crippen LogP contribution in [-0.4, -0.2) is 25.0 Å². The lowest BCUT2D eigenvalue weighted by atomic mass is 10.2. The third-order valence-electron chi connectivity index (χ3n) is 2.69. The van der Waals surface area contributed by atoms with Gasteiger partial charge in [-0.1, -0.05) is 29.3 Å². The topological polar surface area (TPSA) is 45.2 Å². The number of halogens is 2. The molecule has 2 aromatic rings. The number of amides is 1. The van der Waals surface area contributed by atoms with Crippen molar-refractivity contribution in [2.24, 2.45) is 0 Å². The SMILES string of the molecule is CN(C)c1c(Cl)cccc1NC(=O)c1cnccc1Cl. The first-order chi connectivity index (χ1) is 9.50. The van der Waals surface area contributed by atoms with Gasteiger partial charge in [0.1, 0.15) is 0 Å². The van der Waals surface area contributed by atoms with E-state index in [2.05, 4.69) is 10.3 Å². The first-order valence-electron chi connectivity index (χ1n) is 5.87. The standard InChI is InChI=1S/C14H13Cl2N3O/c1-19(2)13-11(16)4-3-5-12(13)18-14(20)9-8-17-7-6-10(9)15/h3-8H,1-2H3,(H,18,20). The molecule has 4 nitrogen and oxygen atoms in total. The van der Waals surface area contributed by atoms with Gasteiger partial charge in [0.2, 0.25) is 0 Å². The number of anilines is 2. The molecule has 1 heterocycles. The first kappa shape index (κ1) is 14.6. The second-order valence-corrected chi connectivity index (χ2v) is 5.15. The Morgan fingerprint density at radius 1 is 1.20 bits per heavy atom. The van der Waals surface area contributed by atoms with Crippen LogP contribution in [0.2, 0.25) is 10.0 Å². The Labute approximate surface area is 127 Å². The van der Waals surface area contributed by atoms with Gasteiger partial charge >= 0.3 is 0 Å². The lowest BCUT2D eigenvalue weighted by molar-refractivity contribution is 0.102. The molecule has 0 aliphatic carbocycles. The Hall–Kier alpha value is -1.78. The molecule has 2 rings (SSSR count). The fraction of sp³-hybridized carbons (Fsp3) is 0.143. The zero-order chi connectivity index (χ0) is 14.7. The predicted octanol–water partition coefficient (Wildman–Crippen LogP) is 3.71. The average molecular weight is 310 g/mol. The van der Waals surface area contributed by atoms with Crippen molar-refractivity contribution in [1.29, 1.82) is 0 Å². The molecule has 1 N–H and O–H groups in total. The first-order valence-corrected chi connectivity index (χ1v) is 6.63. The van der Waals surface area contributed by atoms with Crippen LogP contribution in [-0.2, 0) is 0 Å². The van der Waals surface area contributed by atoms with Crippen LogP contribution in [0.25, 0.3) is 0 Å². The normalized spacial score (nSPS) is 10.2. The molecule has 1 aromatic heterocycles. The number of nitrogens with one attached hydrogen (secondary N) is 1. The molecule has 0 spiro atoms. The van der Waals surface area contributed by atoms with Crippen LogP contribution in [0.4, 0.5) is 11.4 Å². The highest BCUT2D eigenvalue weighted by molar-refractivity contribution is 6.35. The van der Waals surface area contributed by atoms with E-state index in [-0.39, 0.29) is 5.91 Å². The van der Waals surface area contributed by atoms with Crippen molar-refractivity contribution in [1.82, 2.24) is 4.98 Å². The summed E-state index contributed by atoms with van der Waals surface area (Å²) in [5, 5.41) is 3.71. The number of benzene rings is 1. The van der Waals surface area contributed by atoms with Gasteiger partial charge in [-0.15, -0.1) is 0 Å². The smallest absolute Gasteiger partial charge is 0.258 e. The predicted molar refractivity (Wildman–Crippen MR) is 83.0 cm³/mol. The summed E-state index contributed by atoms with van der Waals surface area (Å²) in [6.45, 7) is 0. The average Bonchev–Trinajstić information content (AvgIpc) is 2.38. The van der Waals surface area contributed by atoms with Crippen LogP contribution in [0, 0.1) is 0 Å². The lowest BCUT2D eigenvalue weighted by Gasteiger charge is -2.19. The molecular formula is C14H13Cl2N3O. The van der Waals surface area contributed by atoms with Gasteiger partial charge in [0.05, 0.1) is 27.0 Å². The fourth-order valence-corrected chi connectivity index (χ4v) is 2.34. The minimum atomic E-state index is -0.325. The van der Waals surface area contributed by atoms with E-state index in [1.807, 2.05) is 19.0 Å². The zero-order valence-electron chi connectivity index (χ0n) is 11.0. The van der Waals surface area contributed by atoms with Crippen molar-refractivity contribution in [2.75, 3.05) is 24.3 Å². The summed E-state index contributed by atoms with van der Waals surface area (Å²) in [5.41, 5.74) is 1.67. The zero-order valence-corrected chi connectivity index (χ0v) is 12.5. The fourth-order valence-electron chi connectivity index (χ4n) is 1.80. The third kappa shape index (κ3) is 3.03. The van der Waals surface area contributed by atoms with Crippen molar-refractivity contribution in [2.45, 2.75) is 0 Å². The number of carbonyl (C=O) groups is 1. The molecule has 0 bridgehead atoms. The van der Waals surface area contributed by atoms with E-state index < -0.39 is 0 Å². The minimum absolute atomic E-state index is 0.318. The van der Waals surface area contributed by atoms with Crippen LogP contribution in [0.5, 0.6) is 0 Å². The van der Waals surface area contributed by atoms with Crippen molar-refractivity contribution >= 4 is 40.5 Å². The highest BCUT2D eigenvalue weighted by atomic mass is 35.5. The van der Waals surface area contributed by atoms with E-state index in [4.69, 9.17) is 23.2 Å². The third-order valence-corrected chi connectivity index (χ3v) is 3.33. The highest BCUT2D eigenvalue weighted by Gasteiger charge is 2.15. The molecule has 0 radical (unpaired) electrons. The number of rotatable bonds is 3. The molecule has 0 aliphatic heterocycles. The van der Waals surface area contributed by atoms with E-state index >= 15 is 0 Å². The lowest BCUT2D eigenvalue weighted by Crippen LogP contribution is -2.17. The van der Waals surface area contributed by atoms with Gasteiger partial charge in [-0.2, -0.15) is 0 Å². The molecule has 0 aliphatic rings. The molecule has 1 aromatic carbocycles. The van der Waals surface area contributed by atoms with Crippen molar-refractivity contribution < 1.29 is 4.79 Å². The molecular weight excluding hydrogens is 297 g/mol. The molecule has 0 saturated heterocycles. The van der Waals surface area contributed by atoms with Gasteiger partial charge in [0, 0.05) is 26.5 Å². The van der Waals surface area contributed by atoms with Crippen LogP contribution >= 0.6 is 23.2 Å². The number of carbonyl (C=O) groups excluding carboxylic acids is 1. The molecule has 6 heteroatoms. The Balaban J connectivity index is 2.34. The molecule has 20 heavy (non-hydrogen) atoms. The maximum Gasteiger partial charge on any atom is 0.258 e. The number of nitrogens with zero attached hydrogens (tertiary/aromatic N) is 2. The molecule has 104 valence electrons. The van der Waals surface area contributed by atoms with E-state index in [1.165, 1.54) is 12.4 Å². The Kier molecular flexibility index (Phi) is 4.47. The molecule has 1 amide bonds. The largest absolute Gasteiger partial charge is 0.375 e. The summed E-state index contributed by atoms with van der Waals surface area (Å²) in [5.74, 6) is -0.325.